The van der Waals surface area contributed by atoms with E-state index < -0.39 is 69.7 Å². The zero-order valence-corrected chi connectivity index (χ0v) is 24.8. The van der Waals surface area contributed by atoms with Gasteiger partial charge in [-0.25, -0.2) is 0 Å². The minimum Gasteiger partial charge on any atom is -0.508 e. The topological polar surface area (TPSA) is 206 Å². The first-order valence-electron chi connectivity index (χ1n) is 13.6. The number of Topliss-reactive ketones (excluding diaryl/α,β-unsaturated/α-hetero) is 2. The van der Waals surface area contributed by atoms with Crippen molar-refractivity contribution in [2.75, 3.05) is 45.0 Å². The largest absolute Gasteiger partial charge is 0.508 e. The van der Waals surface area contributed by atoms with E-state index in [4.69, 9.17) is 5.73 Å². The van der Waals surface area contributed by atoms with Gasteiger partial charge in [0.2, 0.25) is 11.7 Å². The highest BCUT2D eigenvalue weighted by Crippen LogP contribution is 2.54. The Hall–Kier alpha value is -3.94. The zero-order valence-electron chi connectivity index (χ0n) is 24.8. The highest BCUT2D eigenvalue weighted by Gasteiger charge is 2.64. The number of aliphatic hydroxyl groups is 3. The maximum Gasteiger partial charge on any atom is 0.255 e. The number of aromatic hydroxyl groups is 1. The van der Waals surface area contributed by atoms with Crippen LogP contribution in [0.15, 0.2) is 23.0 Å². The van der Waals surface area contributed by atoms with Crippen molar-refractivity contribution in [2.45, 2.75) is 50.8 Å². The minimum absolute atomic E-state index is 0.00158. The third-order valence-electron chi connectivity index (χ3n) is 8.23. The van der Waals surface area contributed by atoms with Crippen LogP contribution in [0.25, 0.3) is 5.76 Å². The normalized spacial score (nSPS) is 25.7. The van der Waals surface area contributed by atoms with E-state index in [-0.39, 0.29) is 41.7 Å². The number of phenols is 1. The number of amides is 2. The third kappa shape index (κ3) is 4.80. The van der Waals surface area contributed by atoms with Crippen LogP contribution in [0.3, 0.4) is 0 Å². The number of benzene rings is 1. The summed E-state index contributed by atoms with van der Waals surface area (Å²) in [6.45, 7) is 5.62. The Morgan fingerprint density at radius 1 is 1.12 bits per heavy atom. The molecule has 228 valence electrons. The van der Waals surface area contributed by atoms with Crippen LogP contribution in [0.5, 0.6) is 5.75 Å². The van der Waals surface area contributed by atoms with Gasteiger partial charge in [-0.1, -0.05) is 0 Å². The van der Waals surface area contributed by atoms with Crippen molar-refractivity contribution >= 4 is 40.5 Å². The number of hydrogen-bond donors (Lipinski definition) is 7. The van der Waals surface area contributed by atoms with Gasteiger partial charge in [0.05, 0.1) is 23.8 Å². The maximum atomic E-state index is 14.0. The molecule has 1 saturated carbocycles. The van der Waals surface area contributed by atoms with Crippen LogP contribution in [0, 0.1) is 11.8 Å². The molecule has 0 saturated heterocycles. The highest BCUT2D eigenvalue weighted by molar-refractivity contribution is 6.24. The molecule has 3 aliphatic rings. The number of ketones is 2. The fourth-order valence-corrected chi connectivity index (χ4v) is 6.33. The van der Waals surface area contributed by atoms with Crippen LogP contribution < -0.4 is 21.3 Å². The van der Waals surface area contributed by atoms with Gasteiger partial charge in [-0.3, -0.25) is 24.1 Å². The fraction of sp³-hybridized carbons (Fsp3) is 0.517. The Labute approximate surface area is 243 Å². The van der Waals surface area contributed by atoms with Crippen LogP contribution in [0.4, 0.5) is 11.4 Å². The lowest BCUT2D eigenvalue weighted by molar-refractivity contribution is -0.153. The number of phenolic OH excluding ortho intramolecular Hbond substituents is 1. The fourth-order valence-electron chi connectivity index (χ4n) is 6.33. The number of aliphatic hydroxyl groups excluding tert-OH is 2. The molecule has 0 aliphatic heterocycles. The number of rotatable bonds is 6. The van der Waals surface area contributed by atoms with Gasteiger partial charge in [0, 0.05) is 36.8 Å². The summed E-state index contributed by atoms with van der Waals surface area (Å²) in [5.41, 5.74) is 2.11. The van der Waals surface area contributed by atoms with Gasteiger partial charge < -0.3 is 41.7 Å². The monoisotopic (exact) mass is 585 g/mol. The van der Waals surface area contributed by atoms with Crippen LogP contribution in [0.1, 0.15) is 38.3 Å². The van der Waals surface area contributed by atoms with Crippen molar-refractivity contribution in [2.24, 2.45) is 17.6 Å². The summed E-state index contributed by atoms with van der Waals surface area (Å²) in [7, 11) is 6.58. The SMILES string of the molecule is CN(C)c1cc(NC(=O)CNC(C)(C)C)c(O)c2c1C[C@H]1CC3[C@H](N(C)C)C(=O)C(C(N)=O)=C(O)[C@@]3(O)C(=O)C1=C2O. The minimum atomic E-state index is -2.73. The molecule has 13 nitrogen and oxygen atoms in total. The van der Waals surface area contributed by atoms with Gasteiger partial charge in [0.25, 0.3) is 5.91 Å². The number of anilines is 2. The molecule has 0 heterocycles. The number of nitrogens with one attached hydrogen (secondary N) is 2. The van der Waals surface area contributed by atoms with E-state index in [1.54, 1.807) is 39.2 Å². The second kappa shape index (κ2) is 10.4. The molecule has 0 bridgehead atoms. The molecule has 1 unspecified atom stereocenters. The number of likely N-dealkylation sites (N-methyl/N-ethyl adjacent to an activating group) is 1. The summed E-state index contributed by atoms with van der Waals surface area (Å²) in [4.78, 5) is 55.3. The lowest BCUT2D eigenvalue weighted by atomic mass is 9.57. The van der Waals surface area contributed by atoms with E-state index in [0.717, 1.165) is 0 Å². The van der Waals surface area contributed by atoms with Gasteiger partial charge in [-0.2, -0.15) is 0 Å². The molecular weight excluding hydrogens is 546 g/mol. The Balaban J connectivity index is 1.89. The van der Waals surface area contributed by atoms with E-state index in [9.17, 15) is 39.6 Å². The standard InChI is InChI=1S/C29H39N5O8/c1-28(2,3)31-11-17(35)32-15-10-16(33(4)5)13-8-12-9-14-21(34(6)7)24(38)20(27(30)41)26(40)29(14,42)25(39)18(12)23(37)19(13)22(15)36/h10,12,14,21,31,36-37,40,42H,8-9,11H2,1-7H3,(H2,30,41)(H,32,35)/t12-,14?,21-,29-/m0/s1. The lowest BCUT2D eigenvalue weighted by Gasteiger charge is -2.50. The lowest BCUT2D eigenvalue weighted by Crippen LogP contribution is -2.65. The average Bonchev–Trinajstić information content (AvgIpc) is 2.85. The summed E-state index contributed by atoms with van der Waals surface area (Å²) in [5, 5.41) is 51.3. The Morgan fingerprint density at radius 2 is 1.74 bits per heavy atom. The number of carbonyl (C=O) groups excluding carboxylic acids is 4. The Morgan fingerprint density at radius 3 is 2.26 bits per heavy atom. The van der Waals surface area contributed by atoms with Crippen molar-refractivity contribution < 1.29 is 39.6 Å². The Kier molecular flexibility index (Phi) is 7.68. The van der Waals surface area contributed by atoms with Gasteiger partial charge >= 0.3 is 0 Å². The average molecular weight is 586 g/mol. The molecule has 8 N–H and O–H groups in total. The third-order valence-corrected chi connectivity index (χ3v) is 8.23. The smallest absolute Gasteiger partial charge is 0.255 e. The first kappa shape index (κ1) is 31.0. The molecule has 2 amide bonds. The van der Waals surface area contributed by atoms with Crippen LogP contribution in [-0.2, 0) is 25.6 Å². The van der Waals surface area contributed by atoms with Gasteiger partial charge in [-0.15, -0.1) is 0 Å². The van der Waals surface area contributed by atoms with E-state index >= 15 is 0 Å². The molecule has 0 spiro atoms. The molecule has 0 radical (unpaired) electrons. The van der Waals surface area contributed by atoms with Crippen LogP contribution >= 0.6 is 0 Å². The molecule has 4 atom stereocenters. The number of hydrogen-bond acceptors (Lipinski definition) is 11. The second-order valence-electron chi connectivity index (χ2n) is 12.7. The first-order chi connectivity index (χ1) is 19.3. The number of fused-ring (bicyclic) bond motifs is 3. The summed E-state index contributed by atoms with van der Waals surface area (Å²) >= 11 is 0. The summed E-state index contributed by atoms with van der Waals surface area (Å²) in [6, 6.07) is 0.409. The molecule has 42 heavy (non-hydrogen) atoms. The number of carbonyl (C=O) groups is 4. The summed E-state index contributed by atoms with van der Waals surface area (Å²) < 4.78 is 0. The van der Waals surface area contributed by atoms with Crippen molar-refractivity contribution in [3.05, 3.63) is 34.1 Å². The van der Waals surface area contributed by atoms with E-state index in [2.05, 4.69) is 10.6 Å². The van der Waals surface area contributed by atoms with Crippen molar-refractivity contribution in [1.82, 2.24) is 10.2 Å². The Bertz CT molecular complexity index is 1450. The predicted octanol–water partition coefficient (Wildman–Crippen LogP) is 0.357. The highest BCUT2D eigenvalue weighted by atomic mass is 16.3. The van der Waals surface area contributed by atoms with Gasteiger partial charge in [0.15, 0.2) is 11.4 Å². The number of nitrogens with zero attached hydrogens (tertiary/aromatic N) is 2. The molecule has 1 aromatic rings. The molecule has 1 aromatic carbocycles. The van der Waals surface area contributed by atoms with Gasteiger partial charge in [0.1, 0.15) is 22.8 Å². The molecule has 0 aromatic heterocycles. The van der Waals surface area contributed by atoms with Gasteiger partial charge in [-0.05, 0) is 65.3 Å². The number of primary amides is 1. The zero-order chi connectivity index (χ0) is 31.6. The van der Waals surface area contributed by atoms with E-state index in [0.29, 0.717) is 11.3 Å². The van der Waals surface area contributed by atoms with Crippen molar-refractivity contribution in [3.63, 3.8) is 0 Å². The predicted molar refractivity (Wildman–Crippen MR) is 155 cm³/mol. The van der Waals surface area contributed by atoms with Crippen molar-refractivity contribution in [1.29, 1.82) is 0 Å². The molecule has 1 fully saturated rings. The molecular formula is C29H39N5O8. The summed E-state index contributed by atoms with van der Waals surface area (Å²) in [5.74, 6) is -7.79. The first-order valence-corrected chi connectivity index (χ1v) is 13.6. The number of nitrogens with two attached hydrogens (primary N) is 1. The second-order valence-corrected chi connectivity index (χ2v) is 12.7. The van der Waals surface area contributed by atoms with Crippen LogP contribution in [0.2, 0.25) is 0 Å². The van der Waals surface area contributed by atoms with Crippen LogP contribution in [-0.4, -0.2) is 101 Å². The summed E-state index contributed by atoms with van der Waals surface area (Å²) in [6.07, 6.45) is 0.117. The maximum absolute atomic E-state index is 14.0. The molecule has 4 rings (SSSR count). The van der Waals surface area contributed by atoms with E-state index in [1.807, 2.05) is 20.8 Å². The van der Waals surface area contributed by atoms with E-state index in [1.165, 1.54) is 4.90 Å². The molecule has 13 heteroatoms. The molecule has 3 aliphatic carbocycles. The van der Waals surface area contributed by atoms with Crippen molar-refractivity contribution in [3.8, 4) is 5.75 Å². The quantitative estimate of drug-likeness (QED) is 0.179.